The highest BCUT2D eigenvalue weighted by Crippen LogP contribution is 2.24. The van der Waals surface area contributed by atoms with Crippen LogP contribution in [-0.2, 0) is 0 Å². The monoisotopic (exact) mass is 405 g/mol. The molecule has 4 aromatic rings. The topological polar surface area (TPSA) is 49.9 Å². The summed E-state index contributed by atoms with van der Waals surface area (Å²) in [6, 6.07) is 24.6. The van der Waals surface area contributed by atoms with Gasteiger partial charge < -0.3 is 5.11 Å². The van der Waals surface area contributed by atoms with E-state index in [1.807, 2.05) is 54.6 Å². The summed E-state index contributed by atoms with van der Waals surface area (Å²) in [5.74, 6) is 0.224. The summed E-state index contributed by atoms with van der Waals surface area (Å²) in [5, 5.41) is 20.8. The Morgan fingerprint density at radius 3 is 2.32 bits per heavy atom. The van der Waals surface area contributed by atoms with Gasteiger partial charge in [0.25, 0.3) is 0 Å². The number of hydrogen-bond acceptors (Lipinski definition) is 4. The van der Waals surface area contributed by atoms with Gasteiger partial charge in [0.2, 0.25) is 4.80 Å². The van der Waals surface area contributed by atoms with E-state index in [-0.39, 0.29) is 5.75 Å². The second kappa shape index (κ2) is 8.25. The van der Waals surface area contributed by atoms with Crippen LogP contribution in [0.25, 0.3) is 16.9 Å². The van der Waals surface area contributed by atoms with Gasteiger partial charge >= 0.3 is 0 Å². The number of halogens is 1. The van der Waals surface area contributed by atoms with Gasteiger partial charge in [0.15, 0.2) is 0 Å². The molecule has 4 nitrogen and oxygen atoms in total. The number of para-hydroxylation sites is 1. The van der Waals surface area contributed by atoms with Gasteiger partial charge in [-0.05, 0) is 59.7 Å². The lowest BCUT2D eigenvalue weighted by Crippen LogP contribution is -2.13. The summed E-state index contributed by atoms with van der Waals surface area (Å²) in [4.78, 5) is 0.756. The lowest BCUT2D eigenvalue weighted by molar-refractivity contribution is 0.475. The highest BCUT2D eigenvalue weighted by atomic mass is 35.5. The number of benzene rings is 3. The quantitative estimate of drug-likeness (QED) is 0.353. The lowest BCUT2D eigenvalue weighted by atomic mass is 10.1. The molecule has 0 aliphatic heterocycles. The van der Waals surface area contributed by atoms with Crippen LogP contribution in [-0.4, -0.2) is 15.9 Å². The number of aromatic nitrogens is 1. The molecular weight excluding hydrogens is 390 g/mol. The number of phenols is 1. The van der Waals surface area contributed by atoms with E-state index in [0.29, 0.717) is 5.02 Å². The summed E-state index contributed by atoms with van der Waals surface area (Å²) < 4.78 is 2.07. The molecule has 138 valence electrons. The fourth-order valence-corrected chi connectivity index (χ4v) is 3.72. The Bertz CT molecular complexity index is 1160. The molecule has 28 heavy (non-hydrogen) atoms. The Labute approximate surface area is 171 Å². The Morgan fingerprint density at radius 1 is 0.893 bits per heavy atom. The number of rotatable bonds is 4. The molecule has 4 rings (SSSR count). The maximum Gasteiger partial charge on any atom is 0.215 e. The van der Waals surface area contributed by atoms with Crippen molar-refractivity contribution in [2.75, 3.05) is 0 Å². The first-order valence-electron chi connectivity index (χ1n) is 8.59. The molecule has 1 N–H and O–H groups in total. The fraction of sp³-hybridized carbons (Fsp3) is 0. The summed E-state index contributed by atoms with van der Waals surface area (Å²) >= 11 is 7.56. The Hall–Kier alpha value is -3.15. The van der Waals surface area contributed by atoms with Crippen molar-refractivity contribution in [3.8, 4) is 22.7 Å². The normalized spacial score (nSPS) is 12.0. The van der Waals surface area contributed by atoms with Gasteiger partial charge in [-0.15, -0.1) is 16.4 Å². The summed E-state index contributed by atoms with van der Waals surface area (Å²) in [7, 11) is 0. The zero-order valence-corrected chi connectivity index (χ0v) is 16.3. The second-order valence-electron chi connectivity index (χ2n) is 6.02. The highest BCUT2D eigenvalue weighted by Gasteiger charge is 2.10. The summed E-state index contributed by atoms with van der Waals surface area (Å²) in [5.41, 5.74) is 3.94. The first kappa shape index (κ1) is 18.2. The smallest absolute Gasteiger partial charge is 0.215 e. The molecule has 0 atom stereocenters. The summed E-state index contributed by atoms with van der Waals surface area (Å²) in [6.45, 7) is 0. The molecule has 0 unspecified atom stereocenters. The highest BCUT2D eigenvalue weighted by molar-refractivity contribution is 7.07. The molecule has 0 amide bonds. The van der Waals surface area contributed by atoms with E-state index in [4.69, 9.17) is 11.6 Å². The van der Waals surface area contributed by atoms with Crippen LogP contribution in [0.5, 0.6) is 5.75 Å². The number of phenolic OH excluding ortho intramolecular Hbond substituents is 1. The minimum absolute atomic E-state index is 0.224. The molecule has 0 fully saturated rings. The predicted molar refractivity (Wildman–Crippen MR) is 115 cm³/mol. The van der Waals surface area contributed by atoms with Crippen LogP contribution >= 0.6 is 22.9 Å². The van der Waals surface area contributed by atoms with Crippen LogP contribution in [0, 0.1) is 0 Å². The van der Waals surface area contributed by atoms with E-state index in [0.717, 1.165) is 27.3 Å². The minimum atomic E-state index is 0.224. The van der Waals surface area contributed by atoms with Crippen molar-refractivity contribution in [2.24, 2.45) is 10.2 Å². The molecule has 0 aliphatic rings. The van der Waals surface area contributed by atoms with Crippen LogP contribution in [0.15, 0.2) is 94.4 Å². The molecule has 0 bridgehead atoms. The molecule has 1 aromatic heterocycles. The first-order valence-corrected chi connectivity index (χ1v) is 9.84. The fourth-order valence-electron chi connectivity index (χ4n) is 2.73. The van der Waals surface area contributed by atoms with E-state index >= 15 is 0 Å². The maximum absolute atomic E-state index is 9.37. The van der Waals surface area contributed by atoms with Gasteiger partial charge in [-0.2, -0.15) is 5.10 Å². The van der Waals surface area contributed by atoms with Crippen molar-refractivity contribution >= 4 is 29.2 Å². The number of thiazole rings is 1. The van der Waals surface area contributed by atoms with Gasteiger partial charge in [-0.3, -0.25) is 4.57 Å². The van der Waals surface area contributed by atoms with Crippen molar-refractivity contribution in [2.45, 2.75) is 0 Å². The van der Waals surface area contributed by atoms with Crippen LogP contribution in [0.4, 0.5) is 0 Å². The van der Waals surface area contributed by atoms with Crippen LogP contribution in [0.2, 0.25) is 5.02 Å². The molecule has 1 heterocycles. The van der Waals surface area contributed by atoms with Crippen molar-refractivity contribution < 1.29 is 5.11 Å². The molecule has 0 spiro atoms. The molecular formula is C22H16ClN3OS. The zero-order chi connectivity index (χ0) is 19.3. The van der Waals surface area contributed by atoms with Gasteiger partial charge in [0.1, 0.15) is 5.75 Å². The van der Waals surface area contributed by atoms with Gasteiger partial charge in [0.05, 0.1) is 11.9 Å². The molecule has 0 aliphatic carbocycles. The van der Waals surface area contributed by atoms with Gasteiger partial charge in [-0.1, -0.05) is 41.9 Å². The molecule has 0 saturated heterocycles. The third-order valence-corrected chi connectivity index (χ3v) is 5.17. The Kier molecular flexibility index (Phi) is 5.37. The number of hydrogen-bond donors (Lipinski definition) is 1. The van der Waals surface area contributed by atoms with Crippen molar-refractivity contribution in [1.82, 2.24) is 4.57 Å². The Morgan fingerprint density at radius 2 is 1.61 bits per heavy atom. The predicted octanol–water partition coefficient (Wildman–Crippen LogP) is 5.50. The maximum atomic E-state index is 9.37. The van der Waals surface area contributed by atoms with Crippen molar-refractivity contribution in [3.63, 3.8) is 0 Å². The van der Waals surface area contributed by atoms with E-state index in [9.17, 15) is 5.11 Å². The molecule has 0 saturated carbocycles. The largest absolute Gasteiger partial charge is 0.508 e. The van der Waals surface area contributed by atoms with Gasteiger partial charge in [-0.25, -0.2) is 0 Å². The lowest BCUT2D eigenvalue weighted by Gasteiger charge is -2.09. The summed E-state index contributed by atoms with van der Waals surface area (Å²) in [6.07, 6.45) is 1.66. The molecule has 0 radical (unpaired) electrons. The standard InChI is InChI=1S/C22H16ClN3OS/c23-18-10-8-17(9-11-18)21-15-28-22(26(21)19-4-2-1-3-5-19)25-24-14-16-6-12-20(27)13-7-16/h1-15,27H/b24-14+,25-22+. The van der Waals surface area contributed by atoms with Crippen LogP contribution in [0.1, 0.15) is 5.56 Å². The number of nitrogens with zero attached hydrogens (tertiary/aromatic N) is 3. The third-order valence-electron chi connectivity index (χ3n) is 4.11. The van der Waals surface area contributed by atoms with E-state index in [1.54, 1.807) is 30.5 Å². The van der Waals surface area contributed by atoms with Crippen LogP contribution < -0.4 is 4.80 Å². The van der Waals surface area contributed by atoms with Crippen molar-refractivity contribution in [1.29, 1.82) is 0 Å². The van der Waals surface area contributed by atoms with Gasteiger partial charge in [0, 0.05) is 16.1 Å². The second-order valence-corrected chi connectivity index (χ2v) is 7.29. The SMILES string of the molecule is Oc1ccc(/C=N/N=c2/scc(-c3ccc(Cl)cc3)n2-c2ccccc2)cc1. The first-order chi connectivity index (χ1) is 13.7. The average Bonchev–Trinajstić information content (AvgIpc) is 3.14. The number of aromatic hydroxyl groups is 1. The minimum Gasteiger partial charge on any atom is -0.508 e. The van der Waals surface area contributed by atoms with E-state index < -0.39 is 0 Å². The molecule has 6 heteroatoms. The van der Waals surface area contributed by atoms with E-state index in [2.05, 4.69) is 20.1 Å². The zero-order valence-electron chi connectivity index (χ0n) is 14.7. The van der Waals surface area contributed by atoms with Crippen molar-refractivity contribution in [3.05, 3.63) is 99.6 Å². The Balaban J connectivity index is 1.79. The average molecular weight is 406 g/mol. The van der Waals surface area contributed by atoms with E-state index in [1.165, 1.54) is 11.3 Å². The molecule has 3 aromatic carbocycles. The third kappa shape index (κ3) is 4.06. The van der Waals surface area contributed by atoms with Crippen LogP contribution in [0.3, 0.4) is 0 Å².